The highest BCUT2D eigenvalue weighted by Crippen LogP contribution is 2.28. The Kier molecular flexibility index (Phi) is 6.30. The minimum atomic E-state index is -3.52. The molecule has 4 rings (SSSR count). The van der Waals surface area contributed by atoms with Crippen molar-refractivity contribution >= 4 is 44.4 Å². The highest BCUT2D eigenvalue weighted by molar-refractivity contribution is 7.98. The topological polar surface area (TPSA) is 85.9 Å². The van der Waals surface area contributed by atoms with E-state index in [1.807, 2.05) is 42.7 Å². The number of hydrogen-bond donors (Lipinski definition) is 0. The van der Waals surface area contributed by atoms with Crippen molar-refractivity contribution in [2.75, 3.05) is 14.1 Å². The number of nitrogens with zero attached hydrogens (tertiary/aromatic N) is 6. The summed E-state index contributed by atoms with van der Waals surface area (Å²) >= 11 is 7.79. The summed E-state index contributed by atoms with van der Waals surface area (Å²) in [4.78, 5) is 4.95. The van der Waals surface area contributed by atoms with E-state index < -0.39 is 10.0 Å². The fourth-order valence-corrected chi connectivity index (χ4v) is 5.33. The van der Waals surface area contributed by atoms with Crippen LogP contribution >= 0.6 is 23.4 Å². The molecule has 0 aliphatic heterocycles. The van der Waals surface area contributed by atoms with Crippen molar-refractivity contribution in [3.63, 3.8) is 0 Å². The van der Waals surface area contributed by atoms with Crippen LogP contribution in [0.2, 0.25) is 5.02 Å². The van der Waals surface area contributed by atoms with E-state index in [2.05, 4.69) is 14.8 Å². The number of hydrogen-bond acceptors (Lipinski definition) is 6. The zero-order chi connectivity index (χ0) is 23.0. The van der Waals surface area contributed by atoms with Gasteiger partial charge in [-0.05, 0) is 49.7 Å². The Balaban J connectivity index is 1.64. The Morgan fingerprint density at radius 1 is 1.16 bits per heavy atom. The van der Waals surface area contributed by atoms with E-state index in [4.69, 9.17) is 16.6 Å². The lowest BCUT2D eigenvalue weighted by Crippen LogP contribution is -2.22. The number of aryl methyl sites for hydroxylation is 2. The smallest absolute Gasteiger partial charge is 0.242 e. The third-order valence-electron chi connectivity index (χ3n) is 5.17. The fourth-order valence-electron chi connectivity index (χ4n) is 3.35. The summed E-state index contributed by atoms with van der Waals surface area (Å²) in [7, 11) is -0.488. The molecule has 11 heteroatoms. The molecule has 0 spiro atoms. The van der Waals surface area contributed by atoms with Crippen LogP contribution < -0.4 is 0 Å². The zero-order valence-electron chi connectivity index (χ0n) is 18.1. The number of imidazole rings is 1. The van der Waals surface area contributed by atoms with Crippen LogP contribution in [-0.2, 0) is 22.3 Å². The molecule has 32 heavy (non-hydrogen) atoms. The molecule has 0 unspecified atom stereocenters. The Labute approximate surface area is 196 Å². The molecule has 2 aromatic carbocycles. The van der Waals surface area contributed by atoms with E-state index in [9.17, 15) is 8.42 Å². The van der Waals surface area contributed by atoms with Gasteiger partial charge in [0.05, 0.1) is 27.4 Å². The van der Waals surface area contributed by atoms with Gasteiger partial charge in [0.25, 0.3) is 0 Å². The summed E-state index contributed by atoms with van der Waals surface area (Å²) in [6.45, 7) is 4.71. The van der Waals surface area contributed by atoms with Gasteiger partial charge in [-0.25, -0.2) is 17.7 Å². The molecular weight excluding hydrogens is 468 g/mol. The van der Waals surface area contributed by atoms with E-state index in [1.54, 1.807) is 18.5 Å². The molecule has 0 amide bonds. The molecule has 4 aromatic rings. The van der Waals surface area contributed by atoms with Gasteiger partial charge in [-0.2, -0.15) is 0 Å². The van der Waals surface area contributed by atoms with Crippen LogP contribution in [0.3, 0.4) is 0 Å². The maximum absolute atomic E-state index is 12.5. The van der Waals surface area contributed by atoms with Crippen LogP contribution in [0, 0.1) is 6.92 Å². The Morgan fingerprint density at radius 3 is 2.62 bits per heavy atom. The van der Waals surface area contributed by atoms with Crippen LogP contribution in [0.5, 0.6) is 0 Å². The third kappa shape index (κ3) is 4.15. The van der Waals surface area contributed by atoms with Crippen LogP contribution in [0.25, 0.3) is 16.7 Å². The molecule has 2 heterocycles. The Bertz CT molecular complexity index is 1390. The van der Waals surface area contributed by atoms with Gasteiger partial charge in [0, 0.05) is 25.7 Å². The van der Waals surface area contributed by atoms with Crippen LogP contribution in [0.1, 0.15) is 18.3 Å². The summed E-state index contributed by atoms with van der Waals surface area (Å²) in [5, 5.41) is 9.70. The van der Waals surface area contributed by atoms with Crippen molar-refractivity contribution in [2.24, 2.45) is 0 Å². The predicted molar refractivity (Wildman–Crippen MR) is 127 cm³/mol. The normalized spacial score (nSPS) is 12.2. The van der Waals surface area contributed by atoms with Crippen molar-refractivity contribution in [3.8, 4) is 5.69 Å². The lowest BCUT2D eigenvalue weighted by Gasteiger charge is -2.11. The van der Waals surface area contributed by atoms with Crippen LogP contribution in [-0.4, -0.2) is 51.1 Å². The van der Waals surface area contributed by atoms with Crippen molar-refractivity contribution in [2.45, 2.75) is 36.2 Å². The molecule has 0 N–H and O–H groups in total. The maximum atomic E-state index is 12.5. The highest BCUT2D eigenvalue weighted by Gasteiger charge is 2.20. The standard InChI is InChI=1S/C21H23ClN6O2S2/c1-5-27-19-9-8-16(32(29,30)26(3)4)11-18(19)24-20(27)12-31-21-25-23-13-28(21)15-7-6-14(2)17(22)10-15/h6-11,13H,5,12H2,1-4H3. The molecule has 0 bridgehead atoms. The lowest BCUT2D eigenvalue weighted by molar-refractivity contribution is 0.521. The van der Waals surface area contributed by atoms with Gasteiger partial charge in [0.2, 0.25) is 10.0 Å². The SMILES string of the molecule is CCn1c(CSc2nncn2-c2ccc(C)c(Cl)c2)nc2cc(S(=O)(=O)N(C)C)ccc21. The van der Waals surface area contributed by atoms with Gasteiger partial charge in [-0.3, -0.25) is 4.57 Å². The van der Waals surface area contributed by atoms with Crippen molar-refractivity contribution < 1.29 is 8.42 Å². The number of thioether (sulfide) groups is 1. The van der Waals surface area contributed by atoms with Gasteiger partial charge < -0.3 is 4.57 Å². The number of fused-ring (bicyclic) bond motifs is 1. The first-order valence-corrected chi connectivity index (χ1v) is 12.7. The lowest BCUT2D eigenvalue weighted by atomic mass is 10.2. The monoisotopic (exact) mass is 490 g/mol. The second-order valence-electron chi connectivity index (χ2n) is 7.42. The van der Waals surface area contributed by atoms with E-state index in [0.717, 1.165) is 27.7 Å². The molecule has 0 saturated carbocycles. The van der Waals surface area contributed by atoms with E-state index in [0.29, 0.717) is 22.8 Å². The van der Waals surface area contributed by atoms with Gasteiger partial charge in [0.1, 0.15) is 12.2 Å². The summed E-state index contributed by atoms with van der Waals surface area (Å²) in [6, 6.07) is 10.9. The third-order valence-corrected chi connectivity index (χ3v) is 8.33. The number of aromatic nitrogens is 5. The predicted octanol–water partition coefficient (Wildman–Crippen LogP) is 4.14. The Morgan fingerprint density at radius 2 is 1.94 bits per heavy atom. The van der Waals surface area contributed by atoms with Gasteiger partial charge in [0.15, 0.2) is 5.16 Å². The number of halogens is 1. The first kappa shape index (κ1) is 22.8. The quantitative estimate of drug-likeness (QED) is 0.362. The van der Waals surface area contributed by atoms with Gasteiger partial charge in [-0.1, -0.05) is 29.4 Å². The largest absolute Gasteiger partial charge is 0.328 e. The van der Waals surface area contributed by atoms with E-state index in [-0.39, 0.29) is 4.90 Å². The van der Waals surface area contributed by atoms with Crippen LogP contribution in [0.15, 0.2) is 52.8 Å². The molecule has 0 aliphatic carbocycles. The van der Waals surface area contributed by atoms with Crippen LogP contribution in [0.4, 0.5) is 0 Å². The number of benzene rings is 2. The van der Waals surface area contributed by atoms with E-state index >= 15 is 0 Å². The second-order valence-corrected chi connectivity index (χ2v) is 10.9. The van der Waals surface area contributed by atoms with Crippen molar-refractivity contribution in [3.05, 3.63) is 59.1 Å². The molecule has 0 aliphatic rings. The molecule has 0 radical (unpaired) electrons. The maximum Gasteiger partial charge on any atom is 0.242 e. The van der Waals surface area contributed by atoms with E-state index in [1.165, 1.54) is 30.2 Å². The summed E-state index contributed by atoms with van der Waals surface area (Å²) in [5.41, 5.74) is 3.44. The molecule has 0 atom stereocenters. The minimum Gasteiger partial charge on any atom is -0.328 e. The minimum absolute atomic E-state index is 0.228. The summed E-state index contributed by atoms with van der Waals surface area (Å²) in [5.74, 6) is 1.39. The molecule has 2 aromatic heterocycles. The summed E-state index contributed by atoms with van der Waals surface area (Å²) in [6.07, 6.45) is 1.66. The number of rotatable bonds is 7. The molecule has 168 valence electrons. The first-order valence-electron chi connectivity index (χ1n) is 9.93. The zero-order valence-corrected chi connectivity index (χ0v) is 20.5. The average Bonchev–Trinajstić information content (AvgIpc) is 3.37. The molecule has 8 nitrogen and oxygen atoms in total. The van der Waals surface area contributed by atoms with Crippen molar-refractivity contribution in [1.29, 1.82) is 0 Å². The summed E-state index contributed by atoms with van der Waals surface area (Å²) < 4.78 is 30.2. The molecule has 0 fully saturated rings. The highest BCUT2D eigenvalue weighted by atomic mass is 35.5. The number of sulfonamides is 1. The molecule has 0 saturated heterocycles. The average molecular weight is 491 g/mol. The molecular formula is C21H23ClN6O2S2. The second kappa shape index (κ2) is 8.86. The van der Waals surface area contributed by atoms with Crippen molar-refractivity contribution in [1.82, 2.24) is 28.6 Å². The van der Waals surface area contributed by atoms with Gasteiger partial charge in [-0.15, -0.1) is 10.2 Å². The fraction of sp³-hybridized carbons (Fsp3) is 0.286. The Hall–Kier alpha value is -2.40. The van der Waals surface area contributed by atoms with Gasteiger partial charge >= 0.3 is 0 Å². The first-order chi connectivity index (χ1) is 15.2.